The average molecular weight is 264 g/mol. The van der Waals surface area contributed by atoms with Crippen LogP contribution in [0.2, 0.25) is 0 Å². The molecule has 0 unspecified atom stereocenters. The highest BCUT2D eigenvalue weighted by molar-refractivity contribution is 5.76. The highest BCUT2D eigenvalue weighted by atomic mass is 16.5. The number of amides is 1. The van der Waals surface area contributed by atoms with Crippen molar-refractivity contribution < 1.29 is 14.6 Å². The number of nitrogen functional groups attached to an aromatic ring is 1. The average Bonchev–Trinajstić information content (AvgIpc) is 2.39. The molecule has 5 nitrogen and oxygen atoms in total. The minimum Gasteiger partial charge on any atom is -0.493 e. The van der Waals surface area contributed by atoms with E-state index >= 15 is 0 Å². The minimum atomic E-state index is -0.257. The van der Waals surface area contributed by atoms with Gasteiger partial charge in [0.25, 0.3) is 0 Å². The molecule has 1 saturated heterocycles. The van der Waals surface area contributed by atoms with Crippen molar-refractivity contribution in [3.8, 4) is 5.75 Å². The summed E-state index contributed by atoms with van der Waals surface area (Å²) in [7, 11) is 0. The Morgan fingerprint density at radius 3 is 2.84 bits per heavy atom. The van der Waals surface area contributed by atoms with Crippen molar-refractivity contribution in [1.82, 2.24) is 4.90 Å². The molecule has 0 saturated carbocycles. The van der Waals surface area contributed by atoms with E-state index in [1.165, 1.54) is 0 Å². The molecule has 3 N–H and O–H groups in total. The molecular formula is C14H20N2O3. The van der Waals surface area contributed by atoms with Crippen LogP contribution in [0.1, 0.15) is 19.3 Å². The molecule has 1 aliphatic heterocycles. The maximum atomic E-state index is 11.9. The number of hydrogen-bond donors (Lipinski definition) is 2. The van der Waals surface area contributed by atoms with Crippen LogP contribution >= 0.6 is 0 Å². The minimum absolute atomic E-state index is 0.0794. The zero-order chi connectivity index (χ0) is 13.7. The second kappa shape index (κ2) is 6.43. The van der Waals surface area contributed by atoms with Gasteiger partial charge in [-0.05, 0) is 25.0 Å². The maximum Gasteiger partial charge on any atom is 0.226 e. The number of rotatable bonds is 4. The smallest absolute Gasteiger partial charge is 0.226 e. The Kier molecular flexibility index (Phi) is 4.63. The zero-order valence-corrected chi connectivity index (χ0v) is 10.9. The van der Waals surface area contributed by atoms with Gasteiger partial charge >= 0.3 is 0 Å². The molecule has 1 aromatic rings. The van der Waals surface area contributed by atoms with E-state index in [0.29, 0.717) is 50.4 Å². The van der Waals surface area contributed by atoms with Crippen molar-refractivity contribution in [2.24, 2.45) is 0 Å². The summed E-state index contributed by atoms with van der Waals surface area (Å²) in [5.74, 6) is 0.762. The second-order valence-corrected chi connectivity index (χ2v) is 4.78. The summed E-state index contributed by atoms with van der Waals surface area (Å²) in [6, 6.07) is 7.16. The van der Waals surface area contributed by atoms with Gasteiger partial charge in [0, 0.05) is 24.8 Å². The lowest BCUT2D eigenvalue weighted by Crippen LogP contribution is -2.40. The first-order chi connectivity index (χ1) is 9.15. The van der Waals surface area contributed by atoms with Gasteiger partial charge in [-0.1, -0.05) is 6.07 Å². The summed E-state index contributed by atoms with van der Waals surface area (Å²) in [5.41, 5.74) is 6.29. The van der Waals surface area contributed by atoms with Gasteiger partial charge in [-0.2, -0.15) is 0 Å². The molecule has 1 heterocycles. The quantitative estimate of drug-likeness (QED) is 0.796. The largest absolute Gasteiger partial charge is 0.493 e. The lowest BCUT2D eigenvalue weighted by atomic mass is 10.1. The molecular weight excluding hydrogens is 244 g/mol. The van der Waals surface area contributed by atoms with Crippen LogP contribution in [0.3, 0.4) is 0 Å². The van der Waals surface area contributed by atoms with Crippen LogP contribution in [0.25, 0.3) is 0 Å². The summed E-state index contributed by atoms with van der Waals surface area (Å²) in [6.07, 6.45) is 1.43. The first-order valence-electron chi connectivity index (χ1n) is 6.59. The Morgan fingerprint density at radius 2 is 2.16 bits per heavy atom. The number of hydrogen-bond acceptors (Lipinski definition) is 4. The predicted molar refractivity (Wildman–Crippen MR) is 72.8 cm³/mol. The van der Waals surface area contributed by atoms with Crippen LogP contribution in [-0.2, 0) is 4.79 Å². The molecule has 1 aliphatic rings. The van der Waals surface area contributed by atoms with Gasteiger partial charge in [0.15, 0.2) is 0 Å². The van der Waals surface area contributed by atoms with Crippen LogP contribution in [-0.4, -0.2) is 41.7 Å². The fourth-order valence-electron chi connectivity index (χ4n) is 2.13. The molecule has 104 valence electrons. The topological polar surface area (TPSA) is 75.8 Å². The van der Waals surface area contributed by atoms with Gasteiger partial charge < -0.3 is 20.5 Å². The van der Waals surface area contributed by atoms with Gasteiger partial charge in [0.1, 0.15) is 5.75 Å². The predicted octanol–water partition coefficient (Wildman–Crippen LogP) is 1.02. The van der Waals surface area contributed by atoms with Crippen LogP contribution < -0.4 is 10.5 Å². The number of nitrogens with zero attached hydrogens (tertiary/aromatic N) is 1. The van der Waals surface area contributed by atoms with E-state index in [4.69, 9.17) is 10.5 Å². The molecule has 0 spiro atoms. The molecule has 5 heteroatoms. The Hall–Kier alpha value is -1.75. The maximum absolute atomic E-state index is 11.9. The molecule has 0 atom stereocenters. The number of likely N-dealkylation sites (tertiary alicyclic amines) is 1. The third-order valence-corrected chi connectivity index (χ3v) is 3.26. The molecule has 0 aromatic heterocycles. The van der Waals surface area contributed by atoms with Crippen LogP contribution in [0.15, 0.2) is 24.3 Å². The van der Waals surface area contributed by atoms with Crippen molar-refractivity contribution in [3.63, 3.8) is 0 Å². The van der Waals surface area contributed by atoms with E-state index in [9.17, 15) is 9.90 Å². The molecule has 0 radical (unpaired) electrons. The van der Waals surface area contributed by atoms with Crippen molar-refractivity contribution in [2.75, 3.05) is 25.4 Å². The number of aliphatic hydroxyl groups is 1. The SMILES string of the molecule is Nc1cccc(OCCC(=O)N2CCC(O)CC2)c1. The molecule has 19 heavy (non-hydrogen) atoms. The fourth-order valence-corrected chi connectivity index (χ4v) is 2.13. The van der Waals surface area contributed by atoms with E-state index in [-0.39, 0.29) is 12.0 Å². The van der Waals surface area contributed by atoms with Crippen molar-refractivity contribution in [2.45, 2.75) is 25.4 Å². The summed E-state index contributed by atoms with van der Waals surface area (Å²) >= 11 is 0. The Morgan fingerprint density at radius 1 is 1.42 bits per heavy atom. The molecule has 1 fully saturated rings. The van der Waals surface area contributed by atoms with E-state index in [0.717, 1.165) is 0 Å². The van der Waals surface area contributed by atoms with E-state index < -0.39 is 0 Å². The summed E-state index contributed by atoms with van der Waals surface area (Å²) in [6.45, 7) is 1.62. The number of ether oxygens (including phenoxy) is 1. The van der Waals surface area contributed by atoms with Gasteiger partial charge in [0.2, 0.25) is 5.91 Å². The normalized spacial score (nSPS) is 16.4. The lowest BCUT2D eigenvalue weighted by molar-refractivity contribution is -0.133. The van der Waals surface area contributed by atoms with Gasteiger partial charge in [-0.15, -0.1) is 0 Å². The summed E-state index contributed by atoms with van der Waals surface area (Å²) < 4.78 is 5.49. The second-order valence-electron chi connectivity index (χ2n) is 4.78. The van der Waals surface area contributed by atoms with Crippen molar-refractivity contribution in [3.05, 3.63) is 24.3 Å². The number of nitrogens with two attached hydrogens (primary N) is 1. The number of carbonyl (C=O) groups excluding carboxylic acids is 1. The van der Waals surface area contributed by atoms with Crippen LogP contribution in [0.5, 0.6) is 5.75 Å². The third-order valence-electron chi connectivity index (χ3n) is 3.26. The Balaban J connectivity index is 1.72. The van der Waals surface area contributed by atoms with Gasteiger partial charge in [0.05, 0.1) is 19.1 Å². The van der Waals surface area contributed by atoms with Crippen LogP contribution in [0, 0.1) is 0 Å². The molecule has 0 bridgehead atoms. The standard InChI is InChI=1S/C14H20N2O3/c15-11-2-1-3-13(10-11)19-9-6-14(18)16-7-4-12(17)5-8-16/h1-3,10,12,17H,4-9,15H2. The van der Waals surface area contributed by atoms with Crippen molar-refractivity contribution >= 4 is 11.6 Å². The molecule has 0 aliphatic carbocycles. The van der Waals surface area contributed by atoms with Crippen LogP contribution in [0.4, 0.5) is 5.69 Å². The van der Waals surface area contributed by atoms with Crippen molar-refractivity contribution in [1.29, 1.82) is 0 Å². The zero-order valence-electron chi connectivity index (χ0n) is 10.9. The van der Waals surface area contributed by atoms with Gasteiger partial charge in [-0.25, -0.2) is 0 Å². The molecule has 2 rings (SSSR count). The highest BCUT2D eigenvalue weighted by Crippen LogP contribution is 2.15. The molecule has 1 amide bonds. The highest BCUT2D eigenvalue weighted by Gasteiger charge is 2.20. The third kappa shape index (κ3) is 4.13. The first-order valence-corrected chi connectivity index (χ1v) is 6.59. The summed E-state index contributed by atoms with van der Waals surface area (Å²) in [5, 5.41) is 9.38. The van der Waals surface area contributed by atoms with Gasteiger partial charge in [-0.3, -0.25) is 4.79 Å². The van der Waals surface area contributed by atoms with E-state index in [1.807, 2.05) is 12.1 Å². The lowest BCUT2D eigenvalue weighted by Gasteiger charge is -2.29. The summed E-state index contributed by atoms with van der Waals surface area (Å²) in [4.78, 5) is 13.7. The van der Waals surface area contributed by atoms with E-state index in [1.54, 1.807) is 17.0 Å². The number of aliphatic hydroxyl groups excluding tert-OH is 1. The Labute approximate surface area is 113 Å². The number of benzene rings is 1. The number of anilines is 1. The fraction of sp³-hybridized carbons (Fsp3) is 0.500. The van der Waals surface area contributed by atoms with E-state index in [2.05, 4.69) is 0 Å². The monoisotopic (exact) mass is 264 g/mol. The molecule has 1 aromatic carbocycles. The first kappa shape index (κ1) is 13.7. The number of piperidine rings is 1. The Bertz CT molecular complexity index is 428. The number of carbonyl (C=O) groups is 1.